The summed E-state index contributed by atoms with van der Waals surface area (Å²) in [7, 11) is 0. The van der Waals surface area contributed by atoms with Gasteiger partial charge in [-0.3, -0.25) is 0 Å². The SMILES string of the molecule is CC(C)COc1ccc(C(C)CC(O)C(C)O)cc1C(C)(C)C. The van der Waals surface area contributed by atoms with Crippen molar-refractivity contribution in [3.05, 3.63) is 29.3 Å². The molecule has 1 aromatic rings. The van der Waals surface area contributed by atoms with E-state index in [2.05, 4.69) is 53.7 Å². The maximum absolute atomic E-state index is 9.91. The van der Waals surface area contributed by atoms with Gasteiger partial charge in [-0.2, -0.15) is 0 Å². The molecule has 0 saturated carbocycles. The summed E-state index contributed by atoms with van der Waals surface area (Å²) < 4.78 is 5.99. The fourth-order valence-electron chi connectivity index (χ4n) is 2.52. The number of benzene rings is 1. The van der Waals surface area contributed by atoms with Crippen molar-refractivity contribution in [3.8, 4) is 5.75 Å². The molecule has 0 saturated heterocycles. The lowest BCUT2D eigenvalue weighted by Crippen LogP contribution is -2.24. The largest absolute Gasteiger partial charge is 0.493 e. The second-order valence-electron chi connectivity index (χ2n) is 8.16. The van der Waals surface area contributed by atoms with Gasteiger partial charge in [-0.1, -0.05) is 53.7 Å². The zero-order valence-electron chi connectivity index (χ0n) is 15.8. The van der Waals surface area contributed by atoms with Crippen molar-refractivity contribution in [2.45, 2.75) is 78.4 Å². The molecule has 3 heteroatoms. The van der Waals surface area contributed by atoms with E-state index in [-0.39, 0.29) is 11.3 Å². The predicted molar refractivity (Wildman–Crippen MR) is 96.2 cm³/mol. The number of rotatable bonds is 7. The van der Waals surface area contributed by atoms with Gasteiger partial charge >= 0.3 is 0 Å². The molecular weight excluding hydrogens is 288 g/mol. The number of hydrogen-bond donors (Lipinski definition) is 2. The summed E-state index contributed by atoms with van der Waals surface area (Å²) in [4.78, 5) is 0. The molecule has 1 rings (SSSR count). The summed E-state index contributed by atoms with van der Waals surface area (Å²) in [5.74, 6) is 1.61. The van der Waals surface area contributed by atoms with E-state index in [0.29, 0.717) is 18.9 Å². The third-order valence-corrected chi connectivity index (χ3v) is 4.10. The molecule has 2 N–H and O–H groups in total. The van der Waals surface area contributed by atoms with Gasteiger partial charge in [0.2, 0.25) is 0 Å². The van der Waals surface area contributed by atoms with Crippen LogP contribution in [-0.4, -0.2) is 29.0 Å². The van der Waals surface area contributed by atoms with E-state index in [0.717, 1.165) is 5.75 Å². The fourth-order valence-corrected chi connectivity index (χ4v) is 2.52. The normalized spacial score (nSPS) is 16.3. The van der Waals surface area contributed by atoms with Crippen LogP contribution in [0, 0.1) is 5.92 Å². The lowest BCUT2D eigenvalue weighted by Gasteiger charge is -2.26. The Kier molecular flexibility index (Phi) is 7.09. The van der Waals surface area contributed by atoms with E-state index in [4.69, 9.17) is 4.74 Å². The minimum Gasteiger partial charge on any atom is -0.493 e. The van der Waals surface area contributed by atoms with Crippen LogP contribution in [0.5, 0.6) is 5.75 Å². The Balaban J connectivity index is 3.03. The highest BCUT2D eigenvalue weighted by Crippen LogP contribution is 2.35. The van der Waals surface area contributed by atoms with Crippen LogP contribution >= 0.6 is 0 Å². The van der Waals surface area contributed by atoms with Crippen molar-refractivity contribution in [1.82, 2.24) is 0 Å². The van der Waals surface area contributed by atoms with Crippen LogP contribution in [0.15, 0.2) is 18.2 Å². The lowest BCUT2D eigenvalue weighted by atomic mass is 9.83. The van der Waals surface area contributed by atoms with Crippen molar-refractivity contribution < 1.29 is 14.9 Å². The summed E-state index contributed by atoms with van der Waals surface area (Å²) >= 11 is 0. The standard InChI is InChI=1S/C20H34O3/c1-13(2)12-23-19-9-8-16(11-17(19)20(5,6)7)14(3)10-18(22)15(4)21/h8-9,11,13-15,18,21-22H,10,12H2,1-7H3. The maximum Gasteiger partial charge on any atom is 0.123 e. The second-order valence-corrected chi connectivity index (χ2v) is 8.16. The van der Waals surface area contributed by atoms with Crippen LogP contribution in [0.2, 0.25) is 0 Å². The number of aliphatic hydroxyl groups excluding tert-OH is 2. The maximum atomic E-state index is 9.91. The quantitative estimate of drug-likeness (QED) is 0.789. The Morgan fingerprint density at radius 3 is 2.13 bits per heavy atom. The van der Waals surface area contributed by atoms with Crippen molar-refractivity contribution in [2.75, 3.05) is 6.61 Å². The monoisotopic (exact) mass is 322 g/mol. The Bertz CT molecular complexity index is 486. The number of aliphatic hydroxyl groups is 2. The molecule has 1 aromatic carbocycles. The second kappa shape index (κ2) is 8.16. The van der Waals surface area contributed by atoms with E-state index >= 15 is 0 Å². The van der Waals surface area contributed by atoms with E-state index < -0.39 is 12.2 Å². The molecule has 0 aromatic heterocycles. The topological polar surface area (TPSA) is 49.7 Å². The van der Waals surface area contributed by atoms with Crippen LogP contribution in [-0.2, 0) is 5.41 Å². The van der Waals surface area contributed by atoms with E-state index in [9.17, 15) is 10.2 Å². The molecule has 23 heavy (non-hydrogen) atoms. The highest BCUT2D eigenvalue weighted by Gasteiger charge is 2.22. The van der Waals surface area contributed by atoms with Crippen LogP contribution < -0.4 is 4.74 Å². The predicted octanol–water partition coefficient (Wildman–Crippen LogP) is 4.25. The first-order valence-corrected chi connectivity index (χ1v) is 8.65. The van der Waals surface area contributed by atoms with E-state index in [1.165, 1.54) is 11.1 Å². The van der Waals surface area contributed by atoms with Gasteiger partial charge in [-0.15, -0.1) is 0 Å². The average molecular weight is 322 g/mol. The molecule has 0 heterocycles. The summed E-state index contributed by atoms with van der Waals surface area (Å²) in [6.45, 7) is 15.3. The van der Waals surface area contributed by atoms with Gasteiger partial charge in [0.05, 0.1) is 18.8 Å². The van der Waals surface area contributed by atoms with Crippen molar-refractivity contribution in [3.63, 3.8) is 0 Å². The van der Waals surface area contributed by atoms with Gasteiger partial charge in [0.1, 0.15) is 5.75 Å². The molecular formula is C20H34O3. The van der Waals surface area contributed by atoms with Crippen molar-refractivity contribution >= 4 is 0 Å². The summed E-state index contributed by atoms with van der Waals surface area (Å²) in [6.07, 6.45) is -0.846. The molecule has 132 valence electrons. The van der Waals surface area contributed by atoms with Gasteiger partial charge in [-0.05, 0) is 47.8 Å². The van der Waals surface area contributed by atoms with Gasteiger partial charge in [-0.25, -0.2) is 0 Å². The Labute approximate surface area is 141 Å². The molecule has 0 radical (unpaired) electrons. The first-order chi connectivity index (χ1) is 10.5. The molecule has 0 aliphatic heterocycles. The van der Waals surface area contributed by atoms with Crippen molar-refractivity contribution in [2.24, 2.45) is 5.92 Å². The molecule has 0 aliphatic rings. The molecule has 0 bridgehead atoms. The number of hydrogen-bond acceptors (Lipinski definition) is 3. The van der Waals surface area contributed by atoms with Crippen LogP contribution in [0.1, 0.15) is 71.9 Å². The third kappa shape index (κ3) is 6.15. The highest BCUT2D eigenvalue weighted by atomic mass is 16.5. The fraction of sp³-hybridized carbons (Fsp3) is 0.700. The van der Waals surface area contributed by atoms with Crippen molar-refractivity contribution in [1.29, 1.82) is 0 Å². The summed E-state index contributed by atoms with van der Waals surface area (Å²) in [5.41, 5.74) is 2.35. The van der Waals surface area contributed by atoms with E-state index in [1.54, 1.807) is 6.92 Å². The van der Waals surface area contributed by atoms with Crippen LogP contribution in [0.4, 0.5) is 0 Å². The zero-order chi connectivity index (χ0) is 17.8. The summed E-state index contributed by atoms with van der Waals surface area (Å²) in [5, 5.41) is 19.4. The Morgan fingerprint density at radius 2 is 1.65 bits per heavy atom. The molecule has 0 amide bonds. The van der Waals surface area contributed by atoms with Gasteiger partial charge in [0.25, 0.3) is 0 Å². The number of ether oxygens (including phenoxy) is 1. The molecule has 3 unspecified atom stereocenters. The minimum absolute atomic E-state index is 0.00900. The third-order valence-electron chi connectivity index (χ3n) is 4.10. The van der Waals surface area contributed by atoms with Gasteiger partial charge in [0, 0.05) is 0 Å². The average Bonchev–Trinajstić information content (AvgIpc) is 2.43. The first kappa shape index (κ1) is 20.0. The zero-order valence-corrected chi connectivity index (χ0v) is 15.8. The smallest absolute Gasteiger partial charge is 0.123 e. The molecule has 0 aliphatic carbocycles. The van der Waals surface area contributed by atoms with Gasteiger partial charge < -0.3 is 14.9 Å². The highest BCUT2D eigenvalue weighted by molar-refractivity contribution is 5.42. The molecule has 3 nitrogen and oxygen atoms in total. The Morgan fingerprint density at radius 1 is 1.04 bits per heavy atom. The molecule has 0 spiro atoms. The first-order valence-electron chi connectivity index (χ1n) is 8.65. The molecule has 3 atom stereocenters. The van der Waals surface area contributed by atoms with Crippen LogP contribution in [0.25, 0.3) is 0 Å². The van der Waals surface area contributed by atoms with Crippen LogP contribution in [0.3, 0.4) is 0 Å². The minimum atomic E-state index is -0.701. The lowest BCUT2D eigenvalue weighted by molar-refractivity contribution is 0.0227. The Hall–Kier alpha value is -1.06. The van der Waals surface area contributed by atoms with Gasteiger partial charge in [0.15, 0.2) is 0 Å². The molecule has 0 fully saturated rings. The summed E-state index contributed by atoms with van der Waals surface area (Å²) in [6, 6.07) is 6.31. The van der Waals surface area contributed by atoms with E-state index in [1.807, 2.05) is 6.07 Å².